The fraction of sp³-hybridized carbons (Fsp3) is 0.611. The number of unbranched alkanes of at least 4 members (excludes halogenated alkanes) is 2. The van der Waals surface area contributed by atoms with Crippen LogP contribution in [-0.2, 0) is 11.3 Å². The van der Waals surface area contributed by atoms with E-state index in [9.17, 15) is 0 Å². The Kier molecular flexibility index (Phi) is 13.7. The molecule has 0 aliphatic carbocycles. The van der Waals surface area contributed by atoms with Gasteiger partial charge in [0.2, 0.25) is 0 Å². The molecule has 0 atom stereocenters. The molecule has 6 heteroatoms. The summed E-state index contributed by atoms with van der Waals surface area (Å²) >= 11 is 0. The van der Waals surface area contributed by atoms with E-state index in [2.05, 4.69) is 34.4 Å². The standard InChI is InChI=1S/C18H31N3O2.HI/c1-5-23-17-11-9-16(10-12-17)15-21(3)18(19-2)20-13-7-6-8-14-22-4;/h9-12H,5-8,13-15H2,1-4H3,(H,19,20);1H. The number of nitrogens with zero attached hydrogens (tertiary/aromatic N) is 2. The largest absolute Gasteiger partial charge is 0.494 e. The molecular weight excluding hydrogens is 417 g/mol. The number of benzene rings is 1. The molecule has 138 valence electrons. The molecule has 5 nitrogen and oxygen atoms in total. The van der Waals surface area contributed by atoms with Gasteiger partial charge in [-0.1, -0.05) is 12.1 Å². The normalized spacial score (nSPS) is 10.9. The number of nitrogens with one attached hydrogen (secondary N) is 1. The van der Waals surface area contributed by atoms with E-state index in [0.29, 0.717) is 6.61 Å². The lowest BCUT2D eigenvalue weighted by atomic mass is 10.2. The summed E-state index contributed by atoms with van der Waals surface area (Å²) in [6.07, 6.45) is 3.40. The van der Waals surface area contributed by atoms with Crippen LogP contribution in [0.5, 0.6) is 5.75 Å². The lowest BCUT2D eigenvalue weighted by molar-refractivity contribution is 0.192. The molecule has 0 saturated carbocycles. The molecule has 0 unspecified atom stereocenters. The van der Waals surface area contributed by atoms with Gasteiger partial charge >= 0.3 is 0 Å². The number of hydrogen-bond donors (Lipinski definition) is 1. The molecule has 0 heterocycles. The predicted octanol–water partition coefficient (Wildman–Crippen LogP) is 3.53. The van der Waals surface area contributed by atoms with Crippen molar-refractivity contribution in [1.82, 2.24) is 10.2 Å². The second-order valence-corrected chi connectivity index (χ2v) is 5.46. The molecule has 1 N–H and O–H groups in total. The van der Waals surface area contributed by atoms with Crippen LogP contribution >= 0.6 is 24.0 Å². The number of halogens is 1. The van der Waals surface area contributed by atoms with E-state index in [1.54, 1.807) is 7.11 Å². The zero-order valence-corrected chi connectivity index (χ0v) is 17.7. The molecule has 0 aromatic heterocycles. The maximum absolute atomic E-state index is 5.47. The van der Waals surface area contributed by atoms with Crippen molar-refractivity contribution in [2.24, 2.45) is 4.99 Å². The van der Waals surface area contributed by atoms with Crippen LogP contribution in [0.3, 0.4) is 0 Å². The Morgan fingerprint density at radius 2 is 1.88 bits per heavy atom. The van der Waals surface area contributed by atoms with Crippen molar-refractivity contribution in [3.63, 3.8) is 0 Å². The Hall–Kier alpha value is -1.02. The van der Waals surface area contributed by atoms with Crippen LogP contribution in [-0.4, -0.2) is 51.8 Å². The average molecular weight is 449 g/mol. The molecular formula is C18H32IN3O2. The highest BCUT2D eigenvalue weighted by Crippen LogP contribution is 2.13. The van der Waals surface area contributed by atoms with E-state index >= 15 is 0 Å². The van der Waals surface area contributed by atoms with Crippen molar-refractivity contribution in [3.8, 4) is 5.75 Å². The second-order valence-electron chi connectivity index (χ2n) is 5.46. The zero-order chi connectivity index (χ0) is 16.9. The first-order chi connectivity index (χ1) is 11.2. The van der Waals surface area contributed by atoms with Gasteiger partial charge in [-0.25, -0.2) is 0 Å². The van der Waals surface area contributed by atoms with Gasteiger partial charge in [0.25, 0.3) is 0 Å². The molecule has 0 fully saturated rings. The Morgan fingerprint density at radius 1 is 1.17 bits per heavy atom. The molecule has 0 aliphatic rings. The summed E-state index contributed by atoms with van der Waals surface area (Å²) in [6, 6.07) is 8.22. The third kappa shape index (κ3) is 9.32. The molecule has 0 radical (unpaired) electrons. The number of aliphatic imine (C=N–C) groups is 1. The molecule has 0 aliphatic heterocycles. The molecule has 0 spiro atoms. The highest BCUT2D eigenvalue weighted by atomic mass is 127. The van der Waals surface area contributed by atoms with Crippen LogP contribution in [0.4, 0.5) is 0 Å². The van der Waals surface area contributed by atoms with Crippen LogP contribution in [0.2, 0.25) is 0 Å². The van der Waals surface area contributed by atoms with Crippen LogP contribution in [0.1, 0.15) is 31.7 Å². The molecule has 1 rings (SSSR count). The quantitative estimate of drug-likeness (QED) is 0.257. The van der Waals surface area contributed by atoms with Crippen molar-refractivity contribution in [2.75, 3.05) is 41.0 Å². The van der Waals surface area contributed by atoms with E-state index in [1.807, 2.05) is 26.1 Å². The summed E-state index contributed by atoms with van der Waals surface area (Å²) in [6.45, 7) is 5.28. The van der Waals surface area contributed by atoms with Crippen molar-refractivity contribution in [3.05, 3.63) is 29.8 Å². The summed E-state index contributed by atoms with van der Waals surface area (Å²) in [7, 11) is 5.62. The Morgan fingerprint density at radius 3 is 2.46 bits per heavy atom. The summed E-state index contributed by atoms with van der Waals surface area (Å²) in [4.78, 5) is 6.48. The van der Waals surface area contributed by atoms with E-state index < -0.39 is 0 Å². The number of rotatable bonds is 10. The summed E-state index contributed by atoms with van der Waals surface area (Å²) < 4.78 is 10.5. The first kappa shape index (κ1) is 23.0. The lowest BCUT2D eigenvalue weighted by Crippen LogP contribution is -2.38. The topological polar surface area (TPSA) is 46.1 Å². The maximum Gasteiger partial charge on any atom is 0.193 e. The number of hydrogen-bond acceptors (Lipinski definition) is 3. The van der Waals surface area contributed by atoms with Gasteiger partial charge in [0.05, 0.1) is 6.61 Å². The molecule has 24 heavy (non-hydrogen) atoms. The molecule has 1 aromatic carbocycles. The van der Waals surface area contributed by atoms with Gasteiger partial charge in [0.15, 0.2) is 5.96 Å². The van der Waals surface area contributed by atoms with Gasteiger partial charge < -0.3 is 19.7 Å². The smallest absolute Gasteiger partial charge is 0.193 e. The summed E-state index contributed by atoms with van der Waals surface area (Å²) in [5.74, 6) is 1.84. The monoisotopic (exact) mass is 449 g/mol. The van der Waals surface area contributed by atoms with Crippen LogP contribution in [0.25, 0.3) is 0 Å². The van der Waals surface area contributed by atoms with E-state index in [4.69, 9.17) is 9.47 Å². The van der Waals surface area contributed by atoms with Gasteiger partial charge in [0.1, 0.15) is 5.75 Å². The highest BCUT2D eigenvalue weighted by Gasteiger charge is 2.06. The van der Waals surface area contributed by atoms with Gasteiger partial charge in [-0.15, -0.1) is 24.0 Å². The SMILES string of the molecule is CCOc1ccc(CN(C)C(=NC)NCCCCCOC)cc1.I. The summed E-state index contributed by atoms with van der Waals surface area (Å²) in [5.41, 5.74) is 1.24. The van der Waals surface area contributed by atoms with Gasteiger partial charge in [-0.3, -0.25) is 4.99 Å². The first-order valence-corrected chi connectivity index (χ1v) is 8.33. The van der Waals surface area contributed by atoms with Crippen molar-refractivity contribution in [1.29, 1.82) is 0 Å². The minimum absolute atomic E-state index is 0. The lowest BCUT2D eigenvalue weighted by Gasteiger charge is -2.22. The molecule has 0 saturated heterocycles. The van der Waals surface area contributed by atoms with Gasteiger partial charge in [-0.2, -0.15) is 0 Å². The molecule has 0 amide bonds. The minimum atomic E-state index is 0. The number of methoxy groups -OCH3 is 1. The Balaban J connectivity index is 0.00000529. The minimum Gasteiger partial charge on any atom is -0.494 e. The molecule has 1 aromatic rings. The van der Waals surface area contributed by atoms with Crippen LogP contribution in [0, 0.1) is 0 Å². The van der Waals surface area contributed by atoms with Crippen molar-refractivity contribution < 1.29 is 9.47 Å². The maximum atomic E-state index is 5.47. The number of guanidine groups is 1. The first-order valence-electron chi connectivity index (χ1n) is 8.33. The second kappa shape index (κ2) is 14.3. The number of ether oxygens (including phenoxy) is 2. The van der Waals surface area contributed by atoms with Gasteiger partial charge in [0, 0.05) is 40.9 Å². The van der Waals surface area contributed by atoms with E-state index in [0.717, 1.165) is 44.2 Å². The molecule has 0 bridgehead atoms. The van der Waals surface area contributed by atoms with E-state index in [1.165, 1.54) is 12.0 Å². The van der Waals surface area contributed by atoms with Gasteiger partial charge in [-0.05, 0) is 43.9 Å². The summed E-state index contributed by atoms with van der Waals surface area (Å²) in [5, 5.41) is 3.41. The average Bonchev–Trinajstić information content (AvgIpc) is 2.56. The Bertz CT molecular complexity index is 452. The predicted molar refractivity (Wildman–Crippen MR) is 112 cm³/mol. The van der Waals surface area contributed by atoms with E-state index in [-0.39, 0.29) is 24.0 Å². The highest BCUT2D eigenvalue weighted by molar-refractivity contribution is 14.0. The Labute approximate surface area is 163 Å². The third-order valence-corrected chi connectivity index (χ3v) is 3.54. The zero-order valence-electron chi connectivity index (χ0n) is 15.4. The van der Waals surface area contributed by atoms with Crippen LogP contribution < -0.4 is 10.1 Å². The van der Waals surface area contributed by atoms with Crippen LogP contribution in [0.15, 0.2) is 29.3 Å². The fourth-order valence-electron chi connectivity index (χ4n) is 2.34. The van der Waals surface area contributed by atoms with Crippen molar-refractivity contribution >= 4 is 29.9 Å². The fourth-order valence-corrected chi connectivity index (χ4v) is 2.34. The third-order valence-electron chi connectivity index (χ3n) is 3.54. The van der Waals surface area contributed by atoms with Crippen molar-refractivity contribution in [2.45, 2.75) is 32.7 Å².